The average molecular weight is 405 g/mol. The van der Waals surface area contributed by atoms with E-state index in [1.54, 1.807) is 0 Å². The van der Waals surface area contributed by atoms with Gasteiger partial charge in [-0.3, -0.25) is 0 Å². The molecule has 0 aliphatic carbocycles. The molecule has 0 aliphatic heterocycles. The summed E-state index contributed by atoms with van der Waals surface area (Å²) in [6.07, 6.45) is -0.932. The normalized spacial score (nSPS) is 12.3. The van der Waals surface area contributed by atoms with Crippen molar-refractivity contribution >= 4 is 40.9 Å². The SMILES string of the molecule is Cc1ccc(-n2nc(C(C)(C)C)c(CC(Cl)(Cl)Cl)c2OC(N)=O)cc1. The fourth-order valence-electron chi connectivity index (χ4n) is 2.46. The Morgan fingerprint density at radius 1 is 1.20 bits per heavy atom. The summed E-state index contributed by atoms with van der Waals surface area (Å²) >= 11 is 18.0. The molecule has 0 unspecified atom stereocenters. The van der Waals surface area contributed by atoms with Crippen molar-refractivity contribution in [3.8, 4) is 11.6 Å². The number of aryl methyl sites for hydroxylation is 1. The smallest absolute Gasteiger partial charge is 0.391 e. The number of alkyl halides is 3. The van der Waals surface area contributed by atoms with Gasteiger partial charge in [-0.1, -0.05) is 73.3 Å². The second-order valence-corrected chi connectivity index (χ2v) is 9.36. The first-order chi connectivity index (χ1) is 11.4. The van der Waals surface area contributed by atoms with Crippen molar-refractivity contribution in [3.05, 3.63) is 41.1 Å². The van der Waals surface area contributed by atoms with Crippen LogP contribution < -0.4 is 10.5 Å². The van der Waals surface area contributed by atoms with Gasteiger partial charge in [-0.25, -0.2) is 9.48 Å². The Kier molecular flexibility index (Phi) is 5.62. The van der Waals surface area contributed by atoms with Crippen molar-refractivity contribution in [2.24, 2.45) is 5.73 Å². The van der Waals surface area contributed by atoms with Gasteiger partial charge in [0.25, 0.3) is 0 Å². The molecule has 2 rings (SSSR count). The number of carbonyl (C=O) groups is 1. The first-order valence-electron chi connectivity index (χ1n) is 7.62. The molecule has 136 valence electrons. The second kappa shape index (κ2) is 7.06. The summed E-state index contributed by atoms with van der Waals surface area (Å²) in [7, 11) is 0. The standard InChI is InChI=1S/C17H20Cl3N3O2/c1-10-5-7-11(8-6-10)23-14(25-15(21)24)12(9-17(18,19)20)13(22-23)16(2,3)4/h5-8H,9H2,1-4H3,(H2,21,24). The Labute approximate surface area is 162 Å². The highest BCUT2D eigenvalue weighted by Crippen LogP contribution is 2.40. The van der Waals surface area contributed by atoms with Crippen LogP contribution >= 0.6 is 34.8 Å². The number of carbonyl (C=O) groups excluding carboxylic acids is 1. The number of halogens is 3. The van der Waals surface area contributed by atoms with E-state index in [2.05, 4.69) is 5.10 Å². The molecule has 25 heavy (non-hydrogen) atoms. The molecule has 1 aromatic carbocycles. The molecule has 1 amide bonds. The zero-order valence-electron chi connectivity index (χ0n) is 14.4. The quantitative estimate of drug-likeness (QED) is 0.743. The molecular weight excluding hydrogens is 385 g/mol. The minimum atomic E-state index is -1.57. The van der Waals surface area contributed by atoms with Crippen LogP contribution in [0.4, 0.5) is 4.79 Å². The van der Waals surface area contributed by atoms with Crippen LogP contribution in [0.3, 0.4) is 0 Å². The number of benzene rings is 1. The van der Waals surface area contributed by atoms with E-state index in [9.17, 15) is 4.79 Å². The number of primary amides is 1. The Morgan fingerprint density at radius 3 is 2.20 bits per heavy atom. The van der Waals surface area contributed by atoms with E-state index in [1.807, 2.05) is 52.0 Å². The summed E-state index contributed by atoms with van der Waals surface area (Å²) < 4.78 is 5.18. The van der Waals surface area contributed by atoms with Gasteiger partial charge < -0.3 is 10.5 Å². The summed E-state index contributed by atoms with van der Waals surface area (Å²) in [5.74, 6) is 0.160. The molecule has 1 heterocycles. The van der Waals surface area contributed by atoms with Gasteiger partial charge in [0.05, 0.1) is 11.4 Å². The maximum Gasteiger partial charge on any atom is 0.411 e. The van der Waals surface area contributed by atoms with Gasteiger partial charge in [0.2, 0.25) is 5.88 Å². The predicted octanol–water partition coefficient (Wildman–Crippen LogP) is 4.85. The number of ether oxygens (including phenoxy) is 1. The summed E-state index contributed by atoms with van der Waals surface area (Å²) in [4.78, 5) is 11.4. The first kappa shape index (κ1) is 19.9. The number of hydrogen-bond donors (Lipinski definition) is 1. The summed E-state index contributed by atoms with van der Waals surface area (Å²) in [5, 5.41) is 4.63. The molecule has 8 heteroatoms. The van der Waals surface area contributed by atoms with E-state index < -0.39 is 9.89 Å². The van der Waals surface area contributed by atoms with E-state index >= 15 is 0 Å². The van der Waals surface area contributed by atoms with Crippen molar-refractivity contribution < 1.29 is 9.53 Å². The molecule has 0 aliphatic rings. The molecule has 0 bridgehead atoms. The Morgan fingerprint density at radius 2 is 1.76 bits per heavy atom. The molecule has 0 saturated carbocycles. The Bertz CT molecular complexity index is 772. The predicted molar refractivity (Wildman–Crippen MR) is 101 cm³/mol. The molecule has 0 atom stereocenters. The molecule has 5 nitrogen and oxygen atoms in total. The van der Waals surface area contributed by atoms with Crippen molar-refractivity contribution in [2.45, 2.75) is 43.3 Å². The highest BCUT2D eigenvalue weighted by atomic mass is 35.6. The van der Waals surface area contributed by atoms with Gasteiger partial charge in [0.15, 0.2) is 3.79 Å². The van der Waals surface area contributed by atoms with Crippen molar-refractivity contribution in [3.63, 3.8) is 0 Å². The van der Waals surface area contributed by atoms with Gasteiger partial charge in [-0.15, -0.1) is 0 Å². The van der Waals surface area contributed by atoms with Crippen molar-refractivity contribution in [2.75, 3.05) is 0 Å². The lowest BCUT2D eigenvalue weighted by atomic mass is 9.89. The van der Waals surface area contributed by atoms with Gasteiger partial charge >= 0.3 is 6.09 Å². The lowest BCUT2D eigenvalue weighted by Gasteiger charge is -2.19. The maximum absolute atomic E-state index is 11.4. The van der Waals surface area contributed by atoms with Crippen LogP contribution in [0.2, 0.25) is 0 Å². The number of aromatic nitrogens is 2. The highest BCUT2D eigenvalue weighted by Gasteiger charge is 2.34. The van der Waals surface area contributed by atoms with Gasteiger partial charge in [0, 0.05) is 17.4 Å². The molecule has 2 N–H and O–H groups in total. The third kappa shape index (κ3) is 5.03. The lowest BCUT2D eigenvalue weighted by molar-refractivity contribution is 0.207. The number of rotatable bonds is 3. The van der Waals surface area contributed by atoms with E-state index in [0.717, 1.165) is 5.56 Å². The van der Waals surface area contributed by atoms with E-state index in [1.165, 1.54) is 4.68 Å². The topological polar surface area (TPSA) is 70.1 Å². The van der Waals surface area contributed by atoms with Gasteiger partial charge in [0.1, 0.15) is 0 Å². The van der Waals surface area contributed by atoms with Crippen LogP contribution in [0.25, 0.3) is 5.69 Å². The van der Waals surface area contributed by atoms with Gasteiger partial charge in [-0.2, -0.15) is 5.10 Å². The van der Waals surface area contributed by atoms with E-state index in [-0.39, 0.29) is 17.7 Å². The third-order valence-electron chi connectivity index (χ3n) is 3.50. The first-order valence-corrected chi connectivity index (χ1v) is 8.75. The summed E-state index contributed by atoms with van der Waals surface area (Å²) in [6.45, 7) is 7.91. The third-order valence-corrected chi connectivity index (χ3v) is 3.90. The second-order valence-electron chi connectivity index (χ2n) is 6.84. The fourth-order valence-corrected chi connectivity index (χ4v) is 2.86. The minimum absolute atomic E-state index is 0.0265. The highest BCUT2D eigenvalue weighted by molar-refractivity contribution is 6.67. The summed E-state index contributed by atoms with van der Waals surface area (Å²) in [5.41, 5.74) is 7.88. The largest absolute Gasteiger partial charge is 0.411 e. The molecule has 0 saturated heterocycles. The van der Waals surface area contributed by atoms with Crippen LogP contribution in [0, 0.1) is 6.92 Å². The molecular formula is C17H20Cl3N3O2. The van der Waals surface area contributed by atoms with Crippen LogP contribution in [0.5, 0.6) is 5.88 Å². The summed E-state index contributed by atoms with van der Waals surface area (Å²) in [6, 6.07) is 7.58. The molecule has 2 aromatic rings. The van der Waals surface area contributed by atoms with E-state index in [4.69, 9.17) is 45.3 Å². The van der Waals surface area contributed by atoms with Gasteiger partial charge in [-0.05, 0) is 19.1 Å². The number of nitrogens with two attached hydrogens (primary N) is 1. The van der Waals surface area contributed by atoms with Crippen LogP contribution in [0.1, 0.15) is 37.6 Å². The Balaban J connectivity index is 2.73. The zero-order valence-corrected chi connectivity index (χ0v) is 16.7. The lowest BCUT2D eigenvalue weighted by Crippen LogP contribution is -2.21. The van der Waals surface area contributed by atoms with Crippen LogP contribution in [-0.2, 0) is 11.8 Å². The minimum Gasteiger partial charge on any atom is -0.391 e. The Hall–Kier alpha value is -1.43. The molecule has 0 fully saturated rings. The van der Waals surface area contributed by atoms with Crippen molar-refractivity contribution in [1.29, 1.82) is 0 Å². The fraction of sp³-hybridized carbons (Fsp3) is 0.412. The van der Waals surface area contributed by atoms with Crippen LogP contribution in [-0.4, -0.2) is 19.7 Å². The molecule has 1 aromatic heterocycles. The molecule has 0 spiro atoms. The maximum atomic E-state index is 11.4. The van der Waals surface area contributed by atoms with Crippen LogP contribution in [0.15, 0.2) is 24.3 Å². The number of amides is 1. The van der Waals surface area contributed by atoms with E-state index in [0.29, 0.717) is 16.9 Å². The number of nitrogens with zero attached hydrogens (tertiary/aromatic N) is 2. The molecule has 0 radical (unpaired) electrons. The number of hydrogen-bond acceptors (Lipinski definition) is 3. The zero-order chi connectivity index (χ0) is 19.0. The average Bonchev–Trinajstić information content (AvgIpc) is 2.76. The van der Waals surface area contributed by atoms with Crippen molar-refractivity contribution in [1.82, 2.24) is 9.78 Å². The monoisotopic (exact) mass is 403 g/mol.